The minimum Gasteiger partial charge on any atom is -0.322 e. The molecule has 2 amide bonds. The van der Waals surface area contributed by atoms with Gasteiger partial charge in [0.05, 0.1) is 22.0 Å². The molecule has 5 rings (SSSR count). The highest BCUT2D eigenvalue weighted by Gasteiger charge is 2.27. The molecule has 35 heavy (non-hydrogen) atoms. The van der Waals surface area contributed by atoms with E-state index in [1.807, 2.05) is 44.4 Å². The molecule has 1 aliphatic rings. The second kappa shape index (κ2) is 9.00. The van der Waals surface area contributed by atoms with Crippen LogP contribution >= 0.6 is 11.6 Å². The summed E-state index contributed by atoms with van der Waals surface area (Å²) in [6.07, 6.45) is 2.69. The van der Waals surface area contributed by atoms with Gasteiger partial charge >= 0.3 is 0 Å². The summed E-state index contributed by atoms with van der Waals surface area (Å²) >= 11 is 6.01. The summed E-state index contributed by atoms with van der Waals surface area (Å²) in [5.41, 5.74) is 5.67. The fourth-order valence-electron chi connectivity index (χ4n) is 4.42. The van der Waals surface area contributed by atoms with Crippen molar-refractivity contribution < 1.29 is 14.0 Å². The highest BCUT2D eigenvalue weighted by molar-refractivity contribution is 6.34. The maximum Gasteiger partial charge on any atom is 0.258 e. The first-order valence-corrected chi connectivity index (χ1v) is 11.5. The van der Waals surface area contributed by atoms with Gasteiger partial charge in [-0.1, -0.05) is 29.8 Å². The van der Waals surface area contributed by atoms with Gasteiger partial charge in [0.2, 0.25) is 0 Å². The molecule has 6 nitrogen and oxygen atoms in total. The number of amides is 2. The number of rotatable bonds is 3. The van der Waals surface area contributed by atoms with E-state index in [0.717, 1.165) is 34.1 Å². The zero-order chi connectivity index (χ0) is 24.7. The molecule has 0 spiro atoms. The largest absolute Gasteiger partial charge is 0.322 e. The number of benzene rings is 3. The molecule has 0 unspecified atom stereocenters. The van der Waals surface area contributed by atoms with Crippen LogP contribution in [0.2, 0.25) is 5.02 Å². The third kappa shape index (κ3) is 4.31. The van der Waals surface area contributed by atoms with Crippen molar-refractivity contribution >= 4 is 34.8 Å². The highest BCUT2D eigenvalue weighted by atomic mass is 35.5. The maximum absolute atomic E-state index is 13.7. The summed E-state index contributed by atoms with van der Waals surface area (Å²) in [6, 6.07) is 16.5. The van der Waals surface area contributed by atoms with Gasteiger partial charge in [-0.15, -0.1) is 0 Å². The number of anilines is 2. The molecule has 4 aromatic rings. The molecule has 176 valence electrons. The number of nitrogens with zero attached hydrogens (tertiary/aromatic N) is 3. The van der Waals surface area contributed by atoms with E-state index in [1.54, 1.807) is 27.8 Å². The van der Waals surface area contributed by atoms with Crippen molar-refractivity contribution in [2.24, 2.45) is 7.05 Å². The zero-order valence-corrected chi connectivity index (χ0v) is 19.9. The van der Waals surface area contributed by atoms with Crippen molar-refractivity contribution in [1.29, 1.82) is 0 Å². The van der Waals surface area contributed by atoms with Crippen LogP contribution in [0.1, 0.15) is 31.8 Å². The minimum atomic E-state index is -0.514. The van der Waals surface area contributed by atoms with Crippen molar-refractivity contribution in [1.82, 2.24) is 9.78 Å². The molecule has 0 fully saturated rings. The molecule has 0 aliphatic carbocycles. The summed E-state index contributed by atoms with van der Waals surface area (Å²) in [4.78, 5) is 28.1. The van der Waals surface area contributed by atoms with Crippen LogP contribution in [0.3, 0.4) is 0 Å². The molecular weight excluding hydrogens is 467 g/mol. The van der Waals surface area contributed by atoms with Crippen LogP contribution in [0.15, 0.2) is 66.9 Å². The Morgan fingerprint density at radius 3 is 2.60 bits per heavy atom. The fraction of sp³-hybridized carbons (Fsp3) is 0.148. The summed E-state index contributed by atoms with van der Waals surface area (Å²) in [5.74, 6) is -1.09. The molecule has 0 saturated heterocycles. The number of carbonyl (C=O) groups is 2. The first-order valence-electron chi connectivity index (χ1n) is 11.1. The number of carbonyl (C=O) groups excluding carboxylic acids is 2. The van der Waals surface area contributed by atoms with E-state index in [9.17, 15) is 14.0 Å². The van der Waals surface area contributed by atoms with Gasteiger partial charge in [0.15, 0.2) is 0 Å². The van der Waals surface area contributed by atoms with Crippen LogP contribution < -0.4 is 10.2 Å². The first kappa shape index (κ1) is 22.8. The normalized spacial score (nSPS) is 12.5. The van der Waals surface area contributed by atoms with Crippen LogP contribution in [-0.2, 0) is 13.5 Å². The van der Waals surface area contributed by atoms with E-state index in [-0.39, 0.29) is 16.5 Å². The van der Waals surface area contributed by atoms with E-state index < -0.39 is 11.7 Å². The molecule has 3 aromatic carbocycles. The Labute approximate surface area is 206 Å². The predicted molar refractivity (Wildman–Crippen MR) is 135 cm³/mol. The first-order chi connectivity index (χ1) is 16.8. The summed E-state index contributed by atoms with van der Waals surface area (Å²) in [6.45, 7) is 2.35. The van der Waals surface area contributed by atoms with Crippen LogP contribution in [0.4, 0.5) is 15.8 Å². The van der Waals surface area contributed by atoms with Crippen LogP contribution in [-0.4, -0.2) is 28.1 Å². The number of aryl methyl sites for hydroxylation is 2. The number of para-hydroxylation sites is 1. The fourth-order valence-corrected chi connectivity index (χ4v) is 4.67. The molecule has 1 aliphatic heterocycles. The Morgan fingerprint density at radius 2 is 1.83 bits per heavy atom. The van der Waals surface area contributed by atoms with Gasteiger partial charge in [-0.3, -0.25) is 14.3 Å². The number of nitrogens with one attached hydrogen (secondary N) is 1. The Hall–Kier alpha value is -3.97. The Morgan fingerprint density at radius 1 is 1.06 bits per heavy atom. The van der Waals surface area contributed by atoms with Crippen LogP contribution in [0.25, 0.3) is 11.3 Å². The summed E-state index contributed by atoms with van der Waals surface area (Å²) < 4.78 is 15.1. The van der Waals surface area contributed by atoms with Crippen molar-refractivity contribution in [3.8, 4) is 11.3 Å². The SMILES string of the molecule is Cc1cc(NC(=O)c2ccc(F)cc2Cl)ccc1C(=O)N1CCc2cn(C)nc2-c2ccccc21. The molecule has 0 atom stereocenters. The van der Waals surface area contributed by atoms with Crippen LogP contribution in [0, 0.1) is 12.7 Å². The van der Waals surface area contributed by atoms with Crippen molar-refractivity contribution in [2.75, 3.05) is 16.8 Å². The predicted octanol–water partition coefficient (Wildman–Crippen LogP) is 5.64. The number of aromatic nitrogens is 2. The molecule has 1 aromatic heterocycles. The molecule has 1 N–H and O–H groups in total. The lowest BCUT2D eigenvalue weighted by Gasteiger charge is -2.24. The third-order valence-corrected chi connectivity index (χ3v) is 6.41. The van der Waals surface area contributed by atoms with Gasteiger partial charge in [0.1, 0.15) is 5.82 Å². The Bertz CT molecular complexity index is 1480. The average molecular weight is 489 g/mol. The molecule has 8 heteroatoms. The monoisotopic (exact) mass is 488 g/mol. The van der Waals surface area contributed by atoms with E-state index >= 15 is 0 Å². The van der Waals surface area contributed by atoms with E-state index in [2.05, 4.69) is 10.4 Å². The Balaban J connectivity index is 1.42. The van der Waals surface area contributed by atoms with Gasteiger partial charge < -0.3 is 10.2 Å². The smallest absolute Gasteiger partial charge is 0.258 e. The van der Waals surface area contributed by atoms with E-state index in [1.165, 1.54) is 12.1 Å². The number of hydrogen-bond donors (Lipinski definition) is 1. The van der Waals surface area contributed by atoms with Gasteiger partial charge in [0, 0.05) is 36.6 Å². The number of fused-ring (bicyclic) bond motifs is 3. The second-order valence-electron chi connectivity index (χ2n) is 8.51. The molecule has 0 bridgehead atoms. The standard InChI is InChI=1S/C27H22ClFN4O2/c1-16-13-19(30-26(34)21-9-7-18(29)14-23(21)28)8-10-20(16)27(35)33-12-11-17-15-32(2)31-25(17)22-5-3-4-6-24(22)33/h3-10,13-15H,11-12H2,1-2H3,(H,30,34). The molecule has 0 saturated carbocycles. The van der Waals surface area contributed by atoms with Crippen molar-refractivity contribution in [3.63, 3.8) is 0 Å². The molecule has 2 heterocycles. The number of halogens is 2. The highest BCUT2D eigenvalue weighted by Crippen LogP contribution is 2.36. The van der Waals surface area contributed by atoms with E-state index in [4.69, 9.17) is 11.6 Å². The number of hydrogen-bond acceptors (Lipinski definition) is 3. The zero-order valence-electron chi connectivity index (χ0n) is 19.2. The lowest BCUT2D eigenvalue weighted by molar-refractivity contribution is 0.0985. The Kier molecular flexibility index (Phi) is 5.86. The average Bonchev–Trinajstić information content (AvgIpc) is 3.12. The molecule has 0 radical (unpaired) electrons. The summed E-state index contributed by atoms with van der Waals surface area (Å²) in [5, 5.41) is 7.41. The van der Waals surface area contributed by atoms with Gasteiger partial charge in [0.25, 0.3) is 11.8 Å². The lowest BCUT2D eigenvalue weighted by atomic mass is 10.0. The molecular formula is C27H22ClFN4O2. The quantitative estimate of drug-likeness (QED) is 0.405. The van der Waals surface area contributed by atoms with Crippen molar-refractivity contribution in [3.05, 3.63) is 100.0 Å². The maximum atomic E-state index is 13.7. The summed E-state index contributed by atoms with van der Waals surface area (Å²) in [7, 11) is 1.90. The van der Waals surface area contributed by atoms with Crippen molar-refractivity contribution in [2.45, 2.75) is 13.3 Å². The third-order valence-electron chi connectivity index (χ3n) is 6.09. The van der Waals surface area contributed by atoms with E-state index in [0.29, 0.717) is 24.2 Å². The van der Waals surface area contributed by atoms with Gasteiger partial charge in [-0.2, -0.15) is 5.10 Å². The topological polar surface area (TPSA) is 67.2 Å². The van der Waals surface area contributed by atoms with Crippen LogP contribution in [0.5, 0.6) is 0 Å². The lowest BCUT2D eigenvalue weighted by Crippen LogP contribution is -2.33. The minimum absolute atomic E-state index is 0.0292. The second-order valence-corrected chi connectivity index (χ2v) is 8.92. The van der Waals surface area contributed by atoms with Gasteiger partial charge in [-0.25, -0.2) is 4.39 Å². The van der Waals surface area contributed by atoms with Gasteiger partial charge in [-0.05, 0) is 66.9 Å².